The average molecular weight is 327 g/mol. The summed E-state index contributed by atoms with van der Waals surface area (Å²) in [6.07, 6.45) is 0.0601. The molecule has 23 heavy (non-hydrogen) atoms. The lowest BCUT2D eigenvalue weighted by Crippen LogP contribution is -2.50. The van der Waals surface area contributed by atoms with Crippen molar-refractivity contribution in [3.8, 4) is 0 Å². The second kappa shape index (κ2) is 6.47. The third-order valence-corrected chi connectivity index (χ3v) is 4.66. The number of pyridine rings is 1. The summed E-state index contributed by atoms with van der Waals surface area (Å²) in [6, 6.07) is 2.49. The van der Waals surface area contributed by atoms with E-state index in [0.29, 0.717) is 19.6 Å². The van der Waals surface area contributed by atoms with E-state index in [-0.39, 0.29) is 11.8 Å². The van der Waals surface area contributed by atoms with Crippen molar-refractivity contribution >= 4 is 5.91 Å². The van der Waals surface area contributed by atoms with Crippen molar-refractivity contribution in [1.82, 2.24) is 14.8 Å². The third-order valence-electron chi connectivity index (χ3n) is 4.66. The summed E-state index contributed by atoms with van der Waals surface area (Å²) >= 11 is 0. The Balaban J connectivity index is 1.49. The molecule has 3 rings (SSSR count). The van der Waals surface area contributed by atoms with Crippen molar-refractivity contribution in [2.45, 2.75) is 32.0 Å². The Morgan fingerprint density at radius 1 is 1.17 bits per heavy atom. The molecule has 0 bridgehead atoms. The monoisotopic (exact) mass is 327 g/mol. The van der Waals surface area contributed by atoms with E-state index >= 15 is 0 Å². The molecule has 0 spiro atoms. The van der Waals surface area contributed by atoms with Gasteiger partial charge in [0.2, 0.25) is 5.91 Å². The Morgan fingerprint density at radius 2 is 1.87 bits per heavy atom. The zero-order valence-corrected chi connectivity index (χ0v) is 12.9. The Morgan fingerprint density at radius 3 is 2.35 bits per heavy atom. The summed E-state index contributed by atoms with van der Waals surface area (Å²) in [5.41, 5.74) is -0.103. The lowest BCUT2D eigenvalue weighted by Gasteiger charge is -2.38. The van der Waals surface area contributed by atoms with Gasteiger partial charge in [-0.15, -0.1) is 0 Å². The minimum atomic E-state index is -4.40. The van der Waals surface area contributed by atoms with Crippen molar-refractivity contribution in [1.29, 1.82) is 0 Å². The van der Waals surface area contributed by atoms with Crippen molar-refractivity contribution in [2.24, 2.45) is 5.92 Å². The molecule has 0 radical (unpaired) electrons. The van der Waals surface area contributed by atoms with Gasteiger partial charge in [-0.25, -0.2) is 0 Å². The fourth-order valence-corrected chi connectivity index (χ4v) is 2.98. The number of aromatic nitrogens is 1. The number of hydrogen-bond acceptors (Lipinski definition) is 3. The largest absolute Gasteiger partial charge is 0.433 e. The molecule has 2 aliphatic rings. The molecule has 1 aromatic heterocycles. The molecule has 0 N–H and O–H groups in total. The first-order valence-electron chi connectivity index (χ1n) is 7.97. The molecule has 0 unspecified atom stereocenters. The molecule has 126 valence electrons. The zero-order chi connectivity index (χ0) is 16.4. The third kappa shape index (κ3) is 3.83. The van der Waals surface area contributed by atoms with Gasteiger partial charge in [-0.05, 0) is 24.5 Å². The highest BCUT2D eigenvalue weighted by Gasteiger charge is 2.33. The number of halogens is 3. The SMILES string of the molecule is O=C(C1CCC1)N1CCN(Cc2ccc(C(F)(F)F)nc2)CC1. The van der Waals surface area contributed by atoms with Crippen LogP contribution < -0.4 is 0 Å². The molecule has 1 aliphatic heterocycles. The summed E-state index contributed by atoms with van der Waals surface area (Å²) in [7, 11) is 0. The normalized spacial score (nSPS) is 20.4. The van der Waals surface area contributed by atoms with Crippen LogP contribution in [0.4, 0.5) is 13.2 Å². The highest BCUT2D eigenvalue weighted by molar-refractivity contribution is 5.79. The Kier molecular flexibility index (Phi) is 4.57. The molecular weight excluding hydrogens is 307 g/mol. The first kappa shape index (κ1) is 16.2. The summed E-state index contributed by atoms with van der Waals surface area (Å²) in [4.78, 5) is 19.7. The van der Waals surface area contributed by atoms with Crippen LogP contribution in [0, 0.1) is 5.92 Å². The smallest absolute Gasteiger partial charge is 0.340 e. The van der Waals surface area contributed by atoms with Gasteiger partial charge in [0.05, 0.1) is 0 Å². The average Bonchev–Trinajstić information content (AvgIpc) is 2.46. The maximum absolute atomic E-state index is 12.5. The minimum absolute atomic E-state index is 0.223. The quantitative estimate of drug-likeness (QED) is 0.856. The first-order valence-corrected chi connectivity index (χ1v) is 7.97. The molecule has 1 amide bonds. The fraction of sp³-hybridized carbons (Fsp3) is 0.625. The molecule has 1 saturated carbocycles. The van der Waals surface area contributed by atoms with Gasteiger partial charge in [0.1, 0.15) is 5.69 Å². The van der Waals surface area contributed by atoms with Crippen LogP contribution in [-0.4, -0.2) is 46.9 Å². The van der Waals surface area contributed by atoms with E-state index in [1.54, 1.807) is 0 Å². The van der Waals surface area contributed by atoms with Crippen molar-refractivity contribution in [3.05, 3.63) is 29.6 Å². The molecule has 7 heteroatoms. The van der Waals surface area contributed by atoms with Gasteiger partial charge in [0.15, 0.2) is 0 Å². The maximum atomic E-state index is 12.5. The molecule has 0 aromatic carbocycles. The van der Waals surface area contributed by atoms with Crippen LogP contribution in [0.1, 0.15) is 30.5 Å². The number of amides is 1. The van der Waals surface area contributed by atoms with Gasteiger partial charge < -0.3 is 4.90 Å². The molecule has 2 heterocycles. The van der Waals surface area contributed by atoms with Crippen LogP contribution in [0.3, 0.4) is 0 Å². The number of carbonyl (C=O) groups is 1. The molecule has 1 aromatic rings. The van der Waals surface area contributed by atoms with Gasteiger partial charge in [0.25, 0.3) is 0 Å². The second-order valence-corrected chi connectivity index (χ2v) is 6.28. The summed E-state index contributed by atoms with van der Waals surface area (Å²) in [6.45, 7) is 3.46. The first-order chi connectivity index (χ1) is 10.9. The highest BCUT2D eigenvalue weighted by Crippen LogP contribution is 2.29. The zero-order valence-electron chi connectivity index (χ0n) is 12.9. The standard InChI is InChI=1S/C16H20F3N3O/c17-16(18,19)14-5-4-12(10-20-14)11-21-6-8-22(9-7-21)15(23)13-2-1-3-13/h4-5,10,13H,1-3,6-9,11H2. The van der Waals surface area contributed by atoms with E-state index in [0.717, 1.165) is 44.0 Å². The van der Waals surface area contributed by atoms with Gasteiger partial charge in [-0.3, -0.25) is 14.7 Å². The van der Waals surface area contributed by atoms with Crippen LogP contribution in [0.2, 0.25) is 0 Å². The highest BCUT2D eigenvalue weighted by atomic mass is 19.4. The van der Waals surface area contributed by atoms with Crippen LogP contribution >= 0.6 is 0 Å². The van der Waals surface area contributed by atoms with Crippen molar-refractivity contribution < 1.29 is 18.0 Å². The van der Waals surface area contributed by atoms with E-state index < -0.39 is 11.9 Å². The lowest BCUT2D eigenvalue weighted by molar-refractivity contribution is -0.141. The minimum Gasteiger partial charge on any atom is -0.340 e. The van der Waals surface area contributed by atoms with E-state index in [1.165, 1.54) is 12.3 Å². The Bertz CT molecular complexity index is 547. The number of carbonyl (C=O) groups excluding carboxylic acids is 1. The predicted molar refractivity (Wildman–Crippen MR) is 78.4 cm³/mol. The fourth-order valence-electron chi connectivity index (χ4n) is 2.98. The van der Waals surface area contributed by atoms with Crippen LogP contribution in [0.5, 0.6) is 0 Å². The number of hydrogen-bond donors (Lipinski definition) is 0. The molecule has 0 atom stereocenters. The topological polar surface area (TPSA) is 36.4 Å². The van der Waals surface area contributed by atoms with E-state index in [9.17, 15) is 18.0 Å². The van der Waals surface area contributed by atoms with E-state index in [1.807, 2.05) is 4.90 Å². The Labute approximate surface area is 133 Å². The van der Waals surface area contributed by atoms with Gasteiger partial charge in [-0.2, -0.15) is 13.2 Å². The van der Waals surface area contributed by atoms with Gasteiger partial charge in [0, 0.05) is 44.8 Å². The van der Waals surface area contributed by atoms with Gasteiger partial charge in [-0.1, -0.05) is 12.5 Å². The summed E-state index contributed by atoms with van der Waals surface area (Å²) < 4.78 is 37.5. The molecule has 1 aliphatic carbocycles. The van der Waals surface area contributed by atoms with E-state index in [2.05, 4.69) is 9.88 Å². The van der Waals surface area contributed by atoms with Crippen molar-refractivity contribution in [2.75, 3.05) is 26.2 Å². The summed E-state index contributed by atoms with van der Waals surface area (Å²) in [5, 5.41) is 0. The van der Waals surface area contributed by atoms with Crippen LogP contribution in [0.15, 0.2) is 18.3 Å². The lowest BCUT2D eigenvalue weighted by atomic mass is 9.84. The molecular formula is C16H20F3N3O. The van der Waals surface area contributed by atoms with E-state index in [4.69, 9.17) is 0 Å². The van der Waals surface area contributed by atoms with Crippen LogP contribution in [0.25, 0.3) is 0 Å². The number of alkyl halides is 3. The molecule has 2 fully saturated rings. The Hall–Kier alpha value is -1.63. The maximum Gasteiger partial charge on any atom is 0.433 e. The second-order valence-electron chi connectivity index (χ2n) is 6.28. The molecule has 4 nitrogen and oxygen atoms in total. The molecule has 1 saturated heterocycles. The number of nitrogens with zero attached hydrogens (tertiary/aromatic N) is 3. The van der Waals surface area contributed by atoms with Crippen molar-refractivity contribution in [3.63, 3.8) is 0 Å². The summed E-state index contributed by atoms with van der Waals surface area (Å²) in [5.74, 6) is 0.493. The predicted octanol–water partition coefficient (Wildman–Crippen LogP) is 2.54. The number of piperazine rings is 1. The van der Waals surface area contributed by atoms with Crippen LogP contribution in [-0.2, 0) is 17.5 Å². The van der Waals surface area contributed by atoms with Gasteiger partial charge >= 0.3 is 6.18 Å². The number of rotatable bonds is 3.